The van der Waals surface area contributed by atoms with Gasteiger partial charge in [0.2, 0.25) is 0 Å². The van der Waals surface area contributed by atoms with Gasteiger partial charge in [-0.15, -0.1) is 0 Å². The van der Waals surface area contributed by atoms with Gasteiger partial charge in [0.15, 0.2) is 0 Å². The lowest BCUT2D eigenvalue weighted by atomic mass is 10.0. The number of nitrogens with zero attached hydrogens (tertiary/aromatic N) is 1. The Labute approximate surface area is 178 Å². The molecule has 0 spiro atoms. The Kier molecular flexibility index (Phi) is 5.43. The maximum atomic E-state index is 13.2. The van der Waals surface area contributed by atoms with Crippen LogP contribution >= 0.6 is 15.9 Å². The maximum Gasteiger partial charge on any atom is 0.264 e. The fraction of sp³-hybridized carbons (Fsp3) is 0.136. The molecular formula is C22H19BrN2O3S. The van der Waals surface area contributed by atoms with Crippen LogP contribution in [-0.4, -0.2) is 20.9 Å². The number of hydrogen-bond acceptors (Lipinski definition) is 3. The molecule has 4 rings (SSSR count). The monoisotopic (exact) mass is 470 g/mol. The molecule has 0 radical (unpaired) electrons. The molecule has 0 aromatic heterocycles. The van der Waals surface area contributed by atoms with E-state index in [4.69, 9.17) is 0 Å². The highest BCUT2D eigenvalue weighted by atomic mass is 79.9. The van der Waals surface area contributed by atoms with Gasteiger partial charge in [0.05, 0.1) is 10.6 Å². The molecule has 0 aliphatic carbocycles. The first-order valence-corrected chi connectivity index (χ1v) is 11.5. The number of amides is 1. The Morgan fingerprint density at radius 1 is 0.966 bits per heavy atom. The smallest absolute Gasteiger partial charge is 0.264 e. The Hall–Kier alpha value is -2.64. The van der Waals surface area contributed by atoms with E-state index < -0.39 is 10.0 Å². The number of hydrogen-bond donors (Lipinski definition) is 1. The SMILES string of the molecule is O=C(Nc1cccc(Br)c1)c1ccc(S(=O)(=O)N2CCCc3ccccc32)cc1. The number of anilines is 2. The van der Waals surface area contributed by atoms with Crippen LogP contribution in [0, 0.1) is 0 Å². The minimum Gasteiger partial charge on any atom is -0.322 e. The van der Waals surface area contributed by atoms with Crippen LogP contribution in [0.5, 0.6) is 0 Å². The van der Waals surface area contributed by atoms with Crippen molar-refractivity contribution >= 4 is 43.2 Å². The Balaban J connectivity index is 1.57. The number of halogens is 1. The summed E-state index contributed by atoms with van der Waals surface area (Å²) in [6, 6.07) is 20.9. The molecule has 148 valence electrons. The molecule has 1 aliphatic rings. The van der Waals surface area contributed by atoms with E-state index in [0.717, 1.165) is 28.6 Å². The quantitative estimate of drug-likeness (QED) is 0.592. The van der Waals surface area contributed by atoms with E-state index >= 15 is 0 Å². The Bertz CT molecular complexity index is 1160. The van der Waals surface area contributed by atoms with Crippen molar-refractivity contribution in [2.75, 3.05) is 16.2 Å². The Morgan fingerprint density at radius 3 is 2.48 bits per heavy atom. The second-order valence-electron chi connectivity index (χ2n) is 6.80. The van der Waals surface area contributed by atoms with E-state index in [-0.39, 0.29) is 10.8 Å². The fourth-order valence-corrected chi connectivity index (χ4v) is 5.36. The normalized spacial score (nSPS) is 13.6. The molecule has 0 bridgehead atoms. The largest absolute Gasteiger partial charge is 0.322 e. The van der Waals surface area contributed by atoms with Gasteiger partial charge in [-0.25, -0.2) is 8.42 Å². The average molecular weight is 471 g/mol. The molecule has 0 atom stereocenters. The summed E-state index contributed by atoms with van der Waals surface area (Å²) < 4.78 is 28.7. The van der Waals surface area contributed by atoms with E-state index in [2.05, 4.69) is 21.2 Å². The predicted molar refractivity (Wildman–Crippen MR) is 118 cm³/mol. The van der Waals surface area contributed by atoms with Gasteiger partial charge in [-0.1, -0.05) is 40.2 Å². The summed E-state index contributed by atoms with van der Waals surface area (Å²) in [6.07, 6.45) is 1.65. The van der Waals surface area contributed by atoms with Crippen molar-refractivity contribution in [1.82, 2.24) is 0 Å². The van der Waals surface area contributed by atoms with Gasteiger partial charge in [-0.3, -0.25) is 9.10 Å². The summed E-state index contributed by atoms with van der Waals surface area (Å²) in [7, 11) is -3.69. The van der Waals surface area contributed by atoms with Crippen LogP contribution in [0.4, 0.5) is 11.4 Å². The summed E-state index contributed by atoms with van der Waals surface area (Å²) in [5, 5.41) is 2.80. The molecule has 1 aliphatic heterocycles. The second-order valence-corrected chi connectivity index (χ2v) is 9.58. The minimum absolute atomic E-state index is 0.174. The molecule has 3 aromatic carbocycles. The van der Waals surface area contributed by atoms with E-state index in [0.29, 0.717) is 17.8 Å². The third kappa shape index (κ3) is 4.06. The maximum absolute atomic E-state index is 13.2. The molecule has 0 unspecified atom stereocenters. The van der Waals surface area contributed by atoms with Gasteiger partial charge in [0.1, 0.15) is 0 Å². The molecule has 7 heteroatoms. The first-order chi connectivity index (χ1) is 13.9. The summed E-state index contributed by atoms with van der Waals surface area (Å²) in [5.41, 5.74) is 2.82. The van der Waals surface area contributed by atoms with Crippen LogP contribution in [0.2, 0.25) is 0 Å². The van der Waals surface area contributed by atoms with E-state index in [1.54, 1.807) is 12.1 Å². The number of nitrogens with one attached hydrogen (secondary N) is 1. The predicted octanol–water partition coefficient (Wildman–Crippen LogP) is 4.84. The fourth-order valence-electron chi connectivity index (χ4n) is 3.42. The van der Waals surface area contributed by atoms with Gasteiger partial charge in [0, 0.05) is 22.3 Å². The summed E-state index contributed by atoms with van der Waals surface area (Å²) in [6.45, 7) is 0.449. The topological polar surface area (TPSA) is 66.5 Å². The number of aryl methyl sites for hydroxylation is 1. The van der Waals surface area contributed by atoms with Crippen molar-refractivity contribution in [3.63, 3.8) is 0 Å². The van der Waals surface area contributed by atoms with Crippen molar-refractivity contribution in [1.29, 1.82) is 0 Å². The summed E-state index contributed by atoms with van der Waals surface area (Å²) in [5.74, 6) is -0.296. The molecule has 0 saturated heterocycles. The van der Waals surface area contributed by atoms with E-state index in [9.17, 15) is 13.2 Å². The van der Waals surface area contributed by atoms with Crippen LogP contribution < -0.4 is 9.62 Å². The lowest BCUT2D eigenvalue weighted by Crippen LogP contribution is -2.35. The van der Waals surface area contributed by atoms with Gasteiger partial charge < -0.3 is 5.32 Å². The zero-order valence-electron chi connectivity index (χ0n) is 15.5. The lowest BCUT2D eigenvalue weighted by Gasteiger charge is -2.30. The number of carbonyl (C=O) groups excluding carboxylic acids is 1. The van der Waals surface area contributed by atoms with Crippen molar-refractivity contribution < 1.29 is 13.2 Å². The third-order valence-electron chi connectivity index (χ3n) is 4.85. The highest BCUT2D eigenvalue weighted by molar-refractivity contribution is 9.10. The number of para-hydroxylation sites is 1. The molecular weight excluding hydrogens is 452 g/mol. The number of fused-ring (bicyclic) bond motifs is 1. The summed E-state index contributed by atoms with van der Waals surface area (Å²) in [4.78, 5) is 12.6. The number of carbonyl (C=O) groups is 1. The van der Waals surface area contributed by atoms with Crippen molar-refractivity contribution in [2.45, 2.75) is 17.7 Å². The highest BCUT2D eigenvalue weighted by Crippen LogP contribution is 2.31. The highest BCUT2D eigenvalue weighted by Gasteiger charge is 2.28. The molecule has 5 nitrogen and oxygen atoms in total. The number of benzene rings is 3. The molecule has 1 amide bonds. The van der Waals surface area contributed by atoms with E-state index in [1.807, 2.05) is 36.4 Å². The van der Waals surface area contributed by atoms with Crippen LogP contribution in [0.3, 0.4) is 0 Å². The van der Waals surface area contributed by atoms with Crippen molar-refractivity contribution in [3.05, 3.63) is 88.4 Å². The minimum atomic E-state index is -3.69. The van der Waals surface area contributed by atoms with Crippen LogP contribution in [0.25, 0.3) is 0 Å². The molecule has 1 N–H and O–H groups in total. The number of rotatable bonds is 4. The number of sulfonamides is 1. The zero-order chi connectivity index (χ0) is 20.4. The van der Waals surface area contributed by atoms with Crippen LogP contribution in [-0.2, 0) is 16.4 Å². The Morgan fingerprint density at radius 2 is 1.72 bits per heavy atom. The average Bonchev–Trinajstić information content (AvgIpc) is 2.73. The summed E-state index contributed by atoms with van der Waals surface area (Å²) >= 11 is 3.37. The third-order valence-corrected chi connectivity index (χ3v) is 7.18. The van der Waals surface area contributed by atoms with Crippen molar-refractivity contribution in [3.8, 4) is 0 Å². The molecule has 0 fully saturated rings. The molecule has 3 aromatic rings. The van der Waals surface area contributed by atoms with Gasteiger partial charge in [0.25, 0.3) is 15.9 Å². The molecule has 0 saturated carbocycles. The lowest BCUT2D eigenvalue weighted by molar-refractivity contribution is 0.102. The van der Waals surface area contributed by atoms with E-state index in [1.165, 1.54) is 28.6 Å². The first kappa shape index (κ1) is 19.7. The van der Waals surface area contributed by atoms with Crippen LogP contribution in [0.15, 0.2) is 82.2 Å². The standard InChI is InChI=1S/C22H19BrN2O3S/c23-18-7-3-8-19(15-18)24-22(26)17-10-12-20(13-11-17)29(27,28)25-14-4-6-16-5-1-2-9-21(16)25/h1-3,5,7-13,15H,4,6,14H2,(H,24,26). The van der Waals surface area contributed by atoms with Gasteiger partial charge >= 0.3 is 0 Å². The van der Waals surface area contributed by atoms with Gasteiger partial charge in [-0.2, -0.15) is 0 Å². The first-order valence-electron chi connectivity index (χ1n) is 9.23. The van der Waals surface area contributed by atoms with Crippen LogP contribution in [0.1, 0.15) is 22.3 Å². The molecule has 1 heterocycles. The zero-order valence-corrected chi connectivity index (χ0v) is 17.9. The molecule has 29 heavy (non-hydrogen) atoms. The van der Waals surface area contributed by atoms with Crippen molar-refractivity contribution in [2.24, 2.45) is 0 Å². The van der Waals surface area contributed by atoms with Gasteiger partial charge in [-0.05, 0) is 66.9 Å². The second kappa shape index (κ2) is 8.00.